The van der Waals surface area contributed by atoms with Gasteiger partial charge >= 0.3 is 0 Å². The normalized spacial score (nSPS) is 16.7. The van der Waals surface area contributed by atoms with Crippen molar-refractivity contribution in [3.63, 3.8) is 0 Å². The van der Waals surface area contributed by atoms with Gasteiger partial charge in [-0.15, -0.1) is 0 Å². The predicted molar refractivity (Wildman–Crippen MR) is 109 cm³/mol. The van der Waals surface area contributed by atoms with Crippen LogP contribution < -0.4 is 0 Å². The van der Waals surface area contributed by atoms with E-state index in [2.05, 4.69) is 4.98 Å². The van der Waals surface area contributed by atoms with Crippen LogP contribution in [0.2, 0.25) is 0 Å². The first-order valence-electron chi connectivity index (χ1n) is 9.85. The lowest BCUT2D eigenvalue weighted by Gasteiger charge is -2.32. The predicted octanol–water partition coefficient (Wildman–Crippen LogP) is 3.44. The summed E-state index contributed by atoms with van der Waals surface area (Å²) in [5.41, 5.74) is 2.73. The van der Waals surface area contributed by atoms with Gasteiger partial charge in [0.05, 0.1) is 5.69 Å². The minimum atomic E-state index is -3.93. The number of hydrogen-bond donors (Lipinski definition) is 0. The Morgan fingerprint density at radius 2 is 1.89 bits per heavy atom. The van der Waals surface area contributed by atoms with Crippen molar-refractivity contribution in [1.82, 2.24) is 14.5 Å². The molecule has 1 amide bonds. The molecule has 0 aliphatic heterocycles. The fourth-order valence-electron chi connectivity index (χ4n) is 3.89. The molecule has 6 nitrogen and oxygen atoms in total. The Balaban J connectivity index is 1.92. The first-order valence-corrected chi connectivity index (χ1v) is 11.4. The van der Waals surface area contributed by atoms with Crippen LogP contribution in [0.4, 0.5) is 0 Å². The number of benzene rings is 1. The molecule has 0 radical (unpaired) electrons. The molecule has 0 saturated heterocycles. The Morgan fingerprint density at radius 3 is 2.57 bits per heavy atom. The number of nitrogens with zero attached hydrogens (tertiary/aromatic N) is 3. The van der Waals surface area contributed by atoms with Crippen LogP contribution in [0.1, 0.15) is 50.2 Å². The van der Waals surface area contributed by atoms with Crippen LogP contribution in [0.25, 0.3) is 5.69 Å². The van der Waals surface area contributed by atoms with Crippen LogP contribution >= 0.6 is 0 Å². The molecule has 1 aromatic heterocycles. The van der Waals surface area contributed by atoms with Crippen LogP contribution in [0.3, 0.4) is 0 Å². The Bertz CT molecular complexity index is 959. The minimum absolute atomic E-state index is 0.0842. The maximum Gasteiger partial charge on any atom is 0.241 e. The van der Waals surface area contributed by atoms with Crippen molar-refractivity contribution in [3.8, 4) is 5.69 Å². The maximum absolute atomic E-state index is 13.3. The highest BCUT2D eigenvalue weighted by molar-refractivity contribution is 7.92. The average molecular weight is 404 g/mol. The molecule has 152 valence electrons. The van der Waals surface area contributed by atoms with E-state index in [1.54, 1.807) is 22.7 Å². The fourth-order valence-corrected chi connectivity index (χ4v) is 5.28. The topological polar surface area (TPSA) is 72.3 Å². The molecular formula is C21H29N3O3S. The van der Waals surface area contributed by atoms with Gasteiger partial charge < -0.3 is 4.90 Å². The first-order chi connectivity index (χ1) is 13.2. The highest BCUT2D eigenvalue weighted by Crippen LogP contribution is 2.26. The number of hydrogen-bond acceptors (Lipinski definition) is 4. The zero-order valence-electron chi connectivity index (χ0n) is 17.1. The molecule has 1 aliphatic carbocycles. The van der Waals surface area contributed by atoms with Gasteiger partial charge in [0, 0.05) is 25.5 Å². The molecule has 2 aromatic rings. The van der Waals surface area contributed by atoms with Gasteiger partial charge in [-0.2, -0.15) is 0 Å². The van der Waals surface area contributed by atoms with E-state index in [4.69, 9.17) is 0 Å². The van der Waals surface area contributed by atoms with Gasteiger partial charge in [-0.25, -0.2) is 13.4 Å². The lowest BCUT2D eigenvalue weighted by Crippen LogP contribution is -2.45. The van der Waals surface area contributed by atoms with Crippen LogP contribution in [-0.2, 0) is 14.6 Å². The molecule has 1 aromatic carbocycles. The summed E-state index contributed by atoms with van der Waals surface area (Å²) in [5.74, 6) is -0.359. The second kappa shape index (κ2) is 8.07. The zero-order chi connectivity index (χ0) is 20.5. The molecule has 1 heterocycles. The molecule has 1 aliphatic rings. The number of carbonyl (C=O) groups is 1. The Kier molecular flexibility index (Phi) is 5.93. The Morgan fingerprint density at radius 1 is 1.21 bits per heavy atom. The highest BCUT2D eigenvalue weighted by atomic mass is 32.2. The quantitative estimate of drug-likeness (QED) is 0.767. The van der Waals surface area contributed by atoms with E-state index in [0.29, 0.717) is 0 Å². The molecule has 0 bridgehead atoms. The number of aryl methyl sites for hydroxylation is 2. The number of imidazole rings is 1. The number of carbonyl (C=O) groups excluding carboxylic acids is 1. The molecule has 0 unspecified atom stereocenters. The third kappa shape index (κ3) is 3.85. The van der Waals surface area contributed by atoms with Gasteiger partial charge in [0.25, 0.3) is 0 Å². The van der Waals surface area contributed by atoms with Gasteiger partial charge in [0.2, 0.25) is 20.9 Å². The third-order valence-corrected chi connectivity index (χ3v) is 7.71. The standard InChI is InChI=1S/C21H29N3O3S/c1-15-10-11-16(2)19(14-15)24-13-12-22-21(24)28(26,27)17(3)20(25)23(4)18-8-6-5-7-9-18/h10-14,17-18H,5-9H2,1-4H3/t17-/m1/s1. The molecule has 1 fully saturated rings. The van der Waals surface area contributed by atoms with Crippen LogP contribution in [0.5, 0.6) is 0 Å². The van der Waals surface area contributed by atoms with Gasteiger partial charge in [-0.05, 0) is 50.8 Å². The van der Waals surface area contributed by atoms with E-state index < -0.39 is 15.1 Å². The van der Waals surface area contributed by atoms with E-state index in [-0.39, 0.29) is 17.1 Å². The van der Waals surface area contributed by atoms with E-state index in [1.165, 1.54) is 19.5 Å². The SMILES string of the molecule is Cc1ccc(C)c(-n2ccnc2S(=O)(=O)[C@H](C)C(=O)N(C)C2CCCCC2)c1. The molecule has 7 heteroatoms. The third-order valence-electron chi connectivity index (χ3n) is 5.77. The summed E-state index contributed by atoms with van der Waals surface area (Å²) in [6.45, 7) is 5.36. The van der Waals surface area contributed by atoms with Crippen molar-refractivity contribution in [2.75, 3.05) is 7.05 Å². The van der Waals surface area contributed by atoms with Gasteiger partial charge in [-0.3, -0.25) is 9.36 Å². The number of aromatic nitrogens is 2. The van der Waals surface area contributed by atoms with Gasteiger partial charge in [0.15, 0.2) is 0 Å². The molecular weight excluding hydrogens is 374 g/mol. The van der Waals surface area contributed by atoms with E-state index >= 15 is 0 Å². The van der Waals surface area contributed by atoms with Crippen LogP contribution in [-0.4, -0.2) is 47.1 Å². The second-order valence-electron chi connectivity index (χ2n) is 7.80. The van der Waals surface area contributed by atoms with Crippen molar-refractivity contribution in [1.29, 1.82) is 0 Å². The van der Waals surface area contributed by atoms with E-state index in [1.807, 2.05) is 32.0 Å². The second-order valence-corrected chi connectivity index (χ2v) is 9.96. The lowest BCUT2D eigenvalue weighted by atomic mass is 9.94. The smallest absolute Gasteiger partial charge is 0.241 e. The first kappa shape index (κ1) is 20.6. The van der Waals surface area contributed by atoms with Crippen molar-refractivity contribution in [2.24, 2.45) is 0 Å². The van der Waals surface area contributed by atoms with Crippen LogP contribution in [0.15, 0.2) is 35.7 Å². The number of rotatable bonds is 5. The molecule has 0 spiro atoms. The fraction of sp³-hybridized carbons (Fsp3) is 0.524. The van der Waals surface area contributed by atoms with Gasteiger partial charge in [-0.1, -0.05) is 31.4 Å². The summed E-state index contributed by atoms with van der Waals surface area (Å²) in [6, 6.07) is 5.98. The number of sulfone groups is 1. The summed E-state index contributed by atoms with van der Waals surface area (Å²) in [5, 5.41) is -1.26. The summed E-state index contributed by atoms with van der Waals surface area (Å²) in [6.07, 6.45) is 8.33. The van der Waals surface area contributed by atoms with Crippen molar-refractivity contribution >= 4 is 15.7 Å². The number of amides is 1. The summed E-state index contributed by atoms with van der Waals surface area (Å²) < 4.78 is 28.1. The zero-order valence-corrected chi connectivity index (χ0v) is 17.9. The molecule has 1 atom stereocenters. The maximum atomic E-state index is 13.3. The highest BCUT2D eigenvalue weighted by Gasteiger charge is 2.37. The van der Waals surface area contributed by atoms with Crippen molar-refractivity contribution in [3.05, 3.63) is 41.7 Å². The Labute approximate surface area is 167 Å². The molecule has 0 N–H and O–H groups in total. The summed E-state index contributed by atoms with van der Waals surface area (Å²) in [4.78, 5) is 18.7. The summed E-state index contributed by atoms with van der Waals surface area (Å²) >= 11 is 0. The van der Waals surface area contributed by atoms with E-state index in [9.17, 15) is 13.2 Å². The summed E-state index contributed by atoms with van der Waals surface area (Å²) in [7, 11) is -2.20. The van der Waals surface area contributed by atoms with Crippen molar-refractivity contribution in [2.45, 2.75) is 69.3 Å². The molecule has 3 rings (SSSR count). The average Bonchev–Trinajstić information content (AvgIpc) is 3.19. The van der Waals surface area contributed by atoms with Crippen LogP contribution in [0, 0.1) is 13.8 Å². The van der Waals surface area contributed by atoms with E-state index in [0.717, 1.165) is 42.5 Å². The van der Waals surface area contributed by atoms with Gasteiger partial charge in [0.1, 0.15) is 5.25 Å². The monoisotopic (exact) mass is 403 g/mol. The largest absolute Gasteiger partial charge is 0.342 e. The molecule has 28 heavy (non-hydrogen) atoms. The molecule has 1 saturated carbocycles. The Hall–Kier alpha value is -2.15. The lowest BCUT2D eigenvalue weighted by molar-refractivity contribution is -0.131. The minimum Gasteiger partial charge on any atom is -0.342 e. The van der Waals surface area contributed by atoms with Crippen molar-refractivity contribution < 1.29 is 13.2 Å².